The summed E-state index contributed by atoms with van der Waals surface area (Å²) < 4.78 is 0. The standard InChI is InChI=1S/C11H18N2O/c1-9-4-2-3-5-11(9)13-8-10(14)6-7-12/h2-5,10,13-14H,6-8,12H2,1H3. The second kappa shape index (κ2) is 5.62. The normalized spacial score (nSPS) is 12.5. The van der Waals surface area contributed by atoms with E-state index >= 15 is 0 Å². The highest BCUT2D eigenvalue weighted by molar-refractivity contribution is 5.50. The predicted octanol–water partition coefficient (Wildman–Crippen LogP) is 1.12. The number of nitrogens with two attached hydrogens (primary N) is 1. The Morgan fingerprint density at radius 3 is 2.79 bits per heavy atom. The SMILES string of the molecule is Cc1ccccc1NCC(O)CCN. The van der Waals surface area contributed by atoms with Gasteiger partial charge in [-0.3, -0.25) is 0 Å². The van der Waals surface area contributed by atoms with E-state index in [1.807, 2.05) is 31.2 Å². The van der Waals surface area contributed by atoms with Crippen LogP contribution in [0.3, 0.4) is 0 Å². The molecule has 14 heavy (non-hydrogen) atoms. The van der Waals surface area contributed by atoms with Crippen molar-refractivity contribution in [1.29, 1.82) is 0 Å². The lowest BCUT2D eigenvalue weighted by Crippen LogP contribution is -2.22. The molecule has 0 aromatic heterocycles. The molecule has 1 aromatic rings. The quantitative estimate of drug-likeness (QED) is 0.658. The minimum Gasteiger partial charge on any atom is -0.391 e. The molecule has 1 aromatic carbocycles. The molecule has 3 nitrogen and oxygen atoms in total. The van der Waals surface area contributed by atoms with Crippen LogP contribution in [0.4, 0.5) is 5.69 Å². The smallest absolute Gasteiger partial charge is 0.0724 e. The second-order valence-electron chi connectivity index (χ2n) is 3.43. The highest BCUT2D eigenvalue weighted by Gasteiger charge is 2.02. The van der Waals surface area contributed by atoms with Crippen LogP contribution in [-0.4, -0.2) is 24.3 Å². The fraction of sp³-hybridized carbons (Fsp3) is 0.455. The van der Waals surface area contributed by atoms with E-state index in [0.717, 1.165) is 5.69 Å². The van der Waals surface area contributed by atoms with E-state index in [1.165, 1.54) is 5.56 Å². The van der Waals surface area contributed by atoms with E-state index in [0.29, 0.717) is 19.5 Å². The molecule has 0 saturated heterocycles. The molecule has 0 spiro atoms. The Balaban J connectivity index is 2.41. The summed E-state index contributed by atoms with van der Waals surface area (Å²) in [5.74, 6) is 0. The molecule has 0 aliphatic carbocycles. The lowest BCUT2D eigenvalue weighted by molar-refractivity contribution is 0.180. The van der Waals surface area contributed by atoms with Crippen LogP contribution in [0.2, 0.25) is 0 Å². The Morgan fingerprint density at radius 2 is 2.14 bits per heavy atom. The topological polar surface area (TPSA) is 58.3 Å². The summed E-state index contributed by atoms with van der Waals surface area (Å²) in [6.07, 6.45) is 0.276. The third kappa shape index (κ3) is 3.36. The van der Waals surface area contributed by atoms with Gasteiger partial charge in [-0.2, -0.15) is 0 Å². The van der Waals surface area contributed by atoms with E-state index in [1.54, 1.807) is 0 Å². The Hall–Kier alpha value is -1.06. The third-order valence-corrected chi connectivity index (χ3v) is 2.17. The zero-order chi connectivity index (χ0) is 10.4. The fourth-order valence-electron chi connectivity index (χ4n) is 1.29. The number of nitrogens with one attached hydrogen (secondary N) is 1. The van der Waals surface area contributed by atoms with Crippen LogP contribution in [0.5, 0.6) is 0 Å². The molecular formula is C11H18N2O. The van der Waals surface area contributed by atoms with Gasteiger partial charge in [-0.05, 0) is 31.5 Å². The fourth-order valence-corrected chi connectivity index (χ4v) is 1.29. The van der Waals surface area contributed by atoms with Crippen molar-refractivity contribution >= 4 is 5.69 Å². The Bertz CT molecular complexity index is 276. The van der Waals surface area contributed by atoms with Crippen LogP contribution in [0.1, 0.15) is 12.0 Å². The summed E-state index contributed by atoms with van der Waals surface area (Å²) >= 11 is 0. The molecule has 0 amide bonds. The second-order valence-corrected chi connectivity index (χ2v) is 3.43. The number of rotatable bonds is 5. The van der Waals surface area contributed by atoms with Crippen LogP contribution in [0.25, 0.3) is 0 Å². The average molecular weight is 194 g/mol. The van der Waals surface area contributed by atoms with Crippen LogP contribution in [0, 0.1) is 6.92 Å². The highest BCUT2D eigenvalue weighted by atomic mass is 16.3. The van der Waals surface area contributed by atoms with Crippen LogP contribution in [0.15, 0.2) is 24.3 Å². The largest absolute Gasteiger partial charge is 0.391 e. The summed E-state index contributed by atoms with van der Waals surface area (Å²) in [5.41, 5.74) is 7.60. The molecule has 1 atom stereocenters. The number of aryl methyl sites for hydroxylation is 1. The van der Waals surface area contributed by atoms with Gasteiger partial charge in [-0.15, -0.1) is 0 Å². The molecule has 4 N–H and O–H groups in total. The van der Waals surface area contributed by atoms with E-state index in [9.17, 15) is 5.11 Å². The summed E-state index contributed by atoms with van der Waals surface area (Å²) in [4.78, 5) is 0. The summed E-state index contributed by atoms with van der Waals surface area (Å²) in [5, 5.41) is 12.7. The number of hydrogen-bond acceptors (Lipinski definition) is 3. The van der Waals surface area contributed by atoms with Gasteiger partial charge in [0.15, 0.2) is 0 Å². The number of aliphatic hydroxyl groups is 1. The lowest BCUT2D eigenvalue weighted by Gasteiger charge is -2.13. The molecule has 3 heteroatoms. The molecule has 0 radical (unpaired) electrons. The van der Waals surface area contributed by atoms with Crippen LogP contribution >= 0.6 is 0 Å². The first-order valence-corrected chi connectivity index (χ1v) is 4.91. The summed E-state index contributed by atoms with van der Waals surface area (Å²) in [6.45, 7) is 3.12. The highest BCUT2D eigenvalue weighted by Crippen LogP contribution is 2.12. The first-order valence-electron chi connectivity index (χ1n) is 4.91. The molecule has 1 rings (SSSR count). The van der Waals surface area contributed by atoms with Crippen molar-refractivity contribution < 1.29 is 5.11 Å². The van der Waals surface area contributed by atoms with Gasteiger partial charge in [-0.25, -0.2) is 0 Å². The Kier molecular flexibility index (Phi) is 4.43. The zero-order valence-electron chi connectivity index (χ0n) is 8.53. The van der Waals surface area contributed by atoms with Gasteiger partial charge in [0, 0.05) is 12.2 Å². The Labute approximate surface area is 84.9 Å². The molecule has 0 fully saturated rings. The number of benzene rings is 1. The monoisotopic (exact) mass is 194 g/mol. The van der Waals surface area contributed by atoms with Crippen molar-refractivity contribution in [2.24, 2.45) is 5.73 Å². The summed E-state index contributed by atoms with van der Waals surface area (Å²) in [7, 11) is 0. The molecule has 1 unspecified atom stereocenters. The van der Waals surface area contributed by atoms with Gasteiger partial charge in [-0.1, -0.05) is 18.2 Å². The maximum Gasteiger partial charge on any atom is 0.0724 e. The minimum absolute atomic E-state index is 0.361. The van der Waals surface area contributed by atoms with Gasteiger partial charge < -0.3 is 16.2 Å². The molecule has 78 valence electrons. The lowest BCUT2D eigenvalue weighted by atomic mass is 10.2. The molecule has 0 bridgehead atoms. The van der Waals surface area contributed by atoms with E-state index < -0.39 is 0 Å². The maximum atomic E-state index is 9.46. The van der Waals surface area contributed by atoms with Gasteiger partial charge >= 0.3 is 0 Å². The first kappa shape index (κ1) is 11.0. The van der Waals surface area contributed by atoms with E-state index in [2.05, 4.69) is 5.32 Å². The van der Waals surface area contributed by atoms with Gasteiger partial charge in [0.05, 0.1) is 6.10 Å². The average Bonchev–Trinajstić information content (AvgIpc) is 2.17. The number of hydrogen-bond donors (Lipinski definition) is 3. The Morgan fingerprint density at radius 1 is 1.43 bits per heavy atom. The zero-order valence-corrected chi connectivity index (χ0v) is 8.53. The summed E-state index contributed by atoms with van der Waals surface area (Å²) in [6, 6.07) is 8.02. The molecule has 0 aliphatic heterocycles. The molecule has 0 saturated carbocycles. The molecule has 0 heterocycles. The van der Waals surface area contributed by atoms with Crippen molar-refractivity contribution in [2.45, 2.75) is 19.4 Å². The number of anilines is 1. The van der Waals surface area contributed by atoms with Gasteiger partial charge in [0.2, 0.25) is 0 Å². The number of para-hydroxylation sites is 1. The number of aliphatic hydroxyl groups excluding tert-OH is 1. The van der Waals surface area contributed by atoms with Gasteiger partial charge in [0.25, 0.3) is 0 Å². The van der Waals surface area contributed by atoms with Crippen molar-refractivity contribution in [3.8, 4) is 0 Å². The van der Waals surface area contributed by atoms with Gasteiger partial charge in [0.1, 0.15) is 0 Å². The molecular weight excluding hydrogens is 176 g/mol. The van der Waals surface area contributed by atoms with Crippen molar-refractivity contribution in [3.05, 3.63) is 29.8 Å². The maximum absolute atomic E-state index is 9.46. The van der Waals surface area contributed by atoms with Crippen molar-refractivity contribution in [3.63, 3.8) is 0 Å². The van der Waals surface area contributed by atoms with E-state index in [4.69, 9.17) is 5.73 Å². The predicted molar refractivity (Wildman–Crippen MR) is 59.3 cm³/mol. The van der Waals surface area contributed by atoms with E-state index in [-0.39, 0.29) is 6.10 Å². The minimum atomic E-state index is -0.361. The van der Waals surface area contributed by atoms with Crippen molar-refractivity contribution in [2.75, 3.05) is 18.4 Å². The third-order valence-electron chi connectivity index (χ3n) is 2.17. The van der Waals surface area contributed by atoms with Crippen molar-refractivity contribution in [1.82, 2.24) is 0 Å². The van der Waals surface area contributed by atoms with Crippen LogP contribution < -0.4 is 11.1 Å². The molecule has 0 aliphatic rings. The van der Waals surface area contributed by atoms with Crippen LogP contribution in [-0.2, 0) is 0 Å². The first-order chi connectivity index (χ1) is 6.74.